The topological polar surface area (TPSA) is 75.7 Å². The smallest absolute Gasteiger partial charge is 0.264 e. The molecule has 0 aromatic heterocycles. The zero-order chi connectivity index (χ0) is 22.7. The largest absolute Gasteiger partial charge is 0.493 e. The molecule has 0 spiro atoms. The number of sulfonamides is 1. The Bertz CT molecular complexity index is 1200. The summed E-state index contributed by atoms with van der Waals surface area (Å²) in [5.74, 6) is 0.864. The molecule has 1 aliphatic rings. The Labute approximate surface area is 188 Å². The summed E-state index contributed by atoms with van der Waals surface area (Å²) in [7, 11) is -3.66. The van der Waals surface area contributed by atoms with E-state index >= 15 is 0 Å². The molecule has 0 saturated heterocycles. The fourth-order valence-electron chi connectivity index (χ4n) is 3.56. The fourth-order valence-corrected chi connectivity index (χ4v) is 5.07. The number of para-hydroxylation sites is 1. The van der Waals surface area contributed by atoms with Gasteiger partial charge in [-0.05, 0) is 72.5 Å². The molecule has 0 saturated carbocycles. The van der Waals surface area contributed by atoms with Gasteiger partial charge in [0.25, 0.3) is 15.9 Å². The van der Waals surface area contributed by atoms with Crippen LogP contribution in [-0.2, 0) is 16.4 Å². The van der Waals surface area contributed by atoms with Crippen LogP contribution in [0.15, 0.2) is 77.7 Å². The number of hydrogen-bond acceptors (Lipinski definition) is 4. The Hall–Kier alpha value is -3.32. The number of carbonyl (C=O) groups excluding carboxylic acids is 1. The van der Waals surface area contributed by atoms with Crippen molar-refractivity contribution >= 4 is 27.3 Å². The lowest BCUT2D eigenvalue weighted by molar-refractivity contribution is 0.102. The Morgan fingerprint density at radius 2 is 1.69 bits per heavy atom. The van der Waals surface area contributed by atoms with Crippen LogP contribution < -0.4 is 14.4 Å². The molecule has 1 heterocycles. The normalized spacial score (nSPS) is 13.2. The summed E-state index contributed by atoms with van der Waals surface area (Å²) in [6.45, 7) is 5.19. The molecule has 1 N–H and O–H groups in total. The van der Waals surface area contributed by atoms with Crippen molar-refractivity contribution in [3.8, 4) is 5.75 Å². The Balaban J connectivity index is 1.43. The van der Waals surface area contributed by atoms with Crippen molar-refractivity contribution in [3.05, 3.63) is 83.9 Å². The van der Waals surface area contributed by atoms with E-state index in [9.17, 15) is 13.2 Å². The molecule has 0 aliphatic carbocycles. The van der Waals surface area contributed by atoms with Gasteiger partial charge >= 0.3 is 0 Å². The summed E-state index contributed by atoms with van der Waals surface area (Å²) in [6.07, 6.45) is 0.699. The quantitative estimate of drug-likeness (QED) is 0.565. The molecule has 32 heavy (non-hydrogen) atoms. The number of anilines is 2. The van der Waals surface area contributed by atoms with Crippen molar-refractivity contribution in [2.24, 2.45) is 5.92 Å². The molecular weight excluding hydrogens is 424 g/mol. The average molecular weight is 451 g/mol. The van der Waals surface area contributed by atoms with Crippen LogP contribution in [0.5, 0.6) is 5.75 Å². The van der Waals surface area contributed by atoms with Crippen LogP contribution in [0.2, 0.25) is 0 Å². The van der Waals surface area contributed by atoms with E-state index in [0.29, 0.717) is 42.5 Å². The number of nitrogens with one attached hydrogen (secondary N) is 1. The van der Waals surface area contributed by atoms with E-state index in [1.807, 2.05) is 24.3 Å². The van der Waals surface area contributed by atoms with Crippen LogP contribution in [0.4, 0.5) is 11.4 Å². The highest BCUT2D eigenvalue weighted by atomic mass is 32.2. The van der Waals surface area contributed by atoms with Crippen LogP contribution in [0.1, 0.15) is 29.8 Å². The van der Waals surface area contributed by atoms with Crippen molar-refractivity contribution in [2.75, 3.05) is 22.8 Å². The fraction of sp³-hybridized carbons (Fsp3) is 0.240. The molecule has 3 aromatic rings. The third-order valence-electron chi connectivity index (χ3n) is 5.24. The van der Waals surface area contributed by atoms with Gasteiger partial charge < -0.3 is 10.1 Å². The molecule has 0 atom stereocenters. The van der Waals surface area contributed by atoms with Crippen molar-refractivity contribution in [1.29, 1.82) is 0 Å². The van der Waals surface area contributed by atoms with E-state index in [1.54, 1.807) is 36.4 Å². The van der Waals surface area contributed by atoms with E-state index in [1.165, 1.54) is 16.4 Å². The standard InChI is InChI=1S/C25H26N2O4S/c1-18(2)17-31-22-11-7-20(8-12-22)25(28)26-21-9-13-23(14-10-21)32(29,30)27-16-15-19-5-3-4-6-24(19)27/h3-14,18H,15-17H2,1-2H3,(H,26,28). The van der Waals surface area contributed by atoms with E-state index in [2.05, 4.69) is 19.2 Å². The molecule has 0 fully saturated rings. The predicted octanol–water partition coefficient (Wildman–Crippen LogP) is 4.73. The number of fused-ring (bicyclic) bond motifs is 1. The van der Waals surface area contributed by atoms with Crippen molar-refractivity contribution < 1.29 is 17.9 Å². The number of ether oxygens (including phenoxy) is 1. The maximum absolute atomic E-state index is 13.1. The van der Waals surface area contributed by atoms with E-state index in [0.717, 1.165) is 11.3 Å². The Morgan fingerprint density at radius 1 is 1.00 bits per heavy atom. The molecule has 0 bridgehead atoms. The second-order valence-electron chi connectivity index (χ2n) is 8.16. The van der Waals surface area contributed by atoms with Crippen molar-refractivity contribution in [3.63, 3.8) is 0 Å². The molecule has 7 heteroatoms. The minimum atomic E-state index is -3.66. The zero-order valence-electron chi connectivity index (χ0n) is 18.1. The summed E-state index contributed by atoms with van der Waals surface area (Å²) < 4.78 is 33.3. The van der Waals surface area contributed by atoms with Gasteiger partial charge in [-0.3, -0.25) is 9.10 Å². The molecule has 1 amide bonds. The highest BCUT2D eigenvalue weighted by molar-refractivity contribution is 7.92. The average Bonchev–Trinajstić information content (AvgIpc) is 3.23. The molecule has 0 unspecified atom stereocenters. The summed E-state index contributed by atoms with van der Waals surface area (Å²) in [5, 5.41) is 2.80. The van der Waals surface area contributed by atoms with Gasteiger partial charge in [-0.2, -0.15) is 0 Å². The maximum Gasteiger partial charge on any atom is 0.264 e. The van der Waals surface area contributed by atoms with E-state index in [4.69, 9.17) is 4.74 Å². The third kappa shape index (κ3) is 4.62. The van der Waals surface area contributed by atoms with Crippen LogP contribution in [0.3, 0.4) is 0 Å². The molecule has 6 nitrogen and oxygen atoms in total. The van der Waals surface area contributed by atoms with Gasteiger partial charge in [0.05, 0.1) is 17.2 Å². The lowest BCUT2D eigenvalue weighted by Gasteiger charge is -2.19. The van der Waals surface area contributed by atoms with Crippen LogP contribution in [0, 0.1) is 5.92 Å². The van der Waals surface area contributed by atoms with Gasteiger partial charge in [-0.25, -0.2) is 8.42 Å². The zero-order valence-corrected chi connectivity index (χ0v) is 18.9. The maximum atomic E-state index is 13.1. The predicted molar refractivity (Wildman–Crippen MR) is 126 cm³/mol. The molecule has 4 rings (SSSR count). The second kappa shape index (κ2) is 9.04. The number of benzene rings is 3. The first kappa shape index (κ1) is 21.9. The van der Waals surface area contributed by atoms with Crippen molar-refractivity contribution in [1.82, 2.24) is 0 Å². The summed E-state index contributed by atoms with van der Waals surface area (Å²) >= 11 is 0. The number of amides is 1. The SMILES string of the molecule is CC(C)COc1ccc(C(=O)Nc2ccc(S(=O)(=O)N3CCc4ccccc43)cc2)cc1. The molecular formula is C25H26N2O4S. The van der Waals surface area contributed by atoms with E-state index in [-0.39, 0.29) is 10.8 Å². The number of nitrogens with zero attached hydrogens (tertiary/aromatic N) is 1. The first-order chi connectivity index (χ1) is 15.3. The van der Waals surface area contributed by atoms with Gasteiger partial charge in [0.15, 0.2) is 0 Å². The monoisotopic (exact) mass is 450 g/mol. The van der Waals surface area contributed by atoms with Gasteiger partial charge in [0.1, 0.15) is 5.75 Å². The molecule has 1 aliphatic heterocycles. The minimum Gasteiger partial charge on any atom is -0.493 e. The first-order valence-corrected chi connectivity index (χ1v) is 12.0. The summed E-state index contributed by atoms with van der Waals surface area (Å²) in [6, 6.07) is 20.7. The summed E-state index contributed by atoms with van der Waals surface area (Å²) in [5.41, 5.74) is 2.77. The number of carbonyl (C=O) groups is 1. The lowest BCUT2D eigenvalue weighted by atomic mass is 10.2. The lowest BCUT2D eigenvalue weighted by Crippen LogP contribution is -2.29. The molecule has 0 radical (unpaired) electrons. The number of hydrogen-bond donors (Lipinski definition) is 1. The number of rotatable bonds is 7. The van der Waals surface area contributed by atoms with Gasteiger partial charge in [0.2, 0.25) is 0 Å². The minimum absolute atomic E-state index is 0.193. The van der Waals surface area contributed by atoms with Crippen LogP contribution in [0.25, 0.3) is 0 Å². The van der Waals surface area contributed by atoms with Gasteiger partial charge in [0, 0.05) is 17.8 Å². The Morgan fingerprint density at radius 3 is 2.38 bits per heavy atom. The van der Waals surface area contributed by atoms with Crippen LogP contribution >= 0.6 is 0 Å². The molecule has 3 aromatic carbocycles. The highest BCUT2D eigenvalue weighted by Gasteiger charge is 2.30. The van der Waals surface area contributed by atoms with Gasteiger partial charge in [-0.15, -0.1) is 0 Å². The highest BCUT2D eigenvalue weighted by Crippen LogP contribution is 2.32. The third-order valence-corrected chi connectivity index (χ3v) is 7.07. The van der Waals surface area contributed by atoms with Gasteiger partial charge in [-0.1, -0.05) is 32.0 Å². The van der Waals surface area contributed by atoms with Crippen molar-refractivity contribution in [2.45, 2.75) is 25.2 Å². The second-order valence-corrected chi connectivity index (χ2v) is 10.0. The summed E-state index contributed by atoms with van der Waals surface area (Å²) in [4.78, 5) is 12.7. The Kier molecular flexibility index (Phi) is 6.19. The molecule has 166 valence electrons. The first-order valence-electron chi connectivity index (χ1n) is 10.6. The van der Waals surface area contributed by atoms with Crippen LogP contribution in [-0.4, -0.2) is 27.5 Å². The van der Waals surface area contributed by atoms with E-state index < -0.39 is 10.0 Å².